The maximum absolute atomic E-state index is 5.62. The molecule has 0 fully saturated rings. The zero-order valence-corrected chi connectivity index (χ0v) is 11.9. The second-order valence-electron chi connectivity index (χ2n) is 4.49. The van der Waals surface area contributed by atoms with Gasteiger partial charge in [-0.3, -0.25) is 0 Å². The van der Waals surface area contributed by atoms with Gasteiger partial charge in [-0.1, -0.05) is 6.92 Å². The van der Waals surface area contributed by atoms with Gasteiger partial charge in [0.05, 0.1) is 6.54 Å². The van der Waals surface area contributed by atoms with Crippen LogP contribution in [0.5, 0.6) is 5.75 Å². The molecule has 1 aromatic heterocycles. The van der Waals surface area contributed by atoms with Gasteiger partial charge in [-0.2, -0.15) is 0 Å². The van der Waals surface area contributed by atoms with Gasteiger partial charge in [0.1, 0.15) is 24.0 Å². The molecule has 0 aliphatic heterocycles. The summed E-state index contributed by atoms with van der Waals surface area (Å²) in [5, 5.41) is 3.24. The molecule has 3 N–H and O–H groups in total. The molecule has 0 saturated heterocycles. The van der Waals surface area contributed by atoms with Crippen LogP contribution in [0, 0.1) is 6.92 Å². The number of ether oxygens (including phenoxy) is 1. The average Bonchev–Trinajstić information content (AvgIpc) is 2.45. The minimum atomic E-state index is 0.564. The maximum Gasteiger partial charge on any atom is 0.130 e. The van der Waals surface area contributed by atoms with E-state index in [0.29, 0.717) is 13.2 Å². The van der Waals surface area contributed by atoms with Crippen molar-refractivity contribution in [2.75, 3.05) is 24.2 Å². The van der Waals surface area contributed by atoms with Crippen molar-refractivity contribution in [2.24, 2.45) is 0 Å². The Bertz CT molecular complexity index is 554. The van der Waals surface area contributed by atoms with Crippen LogP contribution in [0.3, 0.4) is 0 Å². The van der Waals surface area contributed by atoms with E-state index in [1.54, 1.807) is 0 Å². The fourth-order valence-electron chi connectivity index (χ4n) is 1.81. The molecule has 0 amide bonds. The normalized spacial score (nSPS) is 10.3. The minimum Gasteiger partial charge on any atom is -0.492 e. The molecule has 0 saturated carbocycles. The van der Waals surface area contributed by atoms with Crippen molar-refractivity contribution in [3.8, 4) is 5.75 Å². The molecule has 20 heavy (non-hydrogen) atoms. The van der Waals surface area contributed by atoms with Crippen LogP contribution in [-0.2, 0) is 6.42 Å². The van der Waals surface area contributed by atoms with E-state index in [1.807, 2.05) is 37.3 Å². The standard InChI is InChI=1S/C15H20N4O/c1-3-13-10-15(19-11(2)18-13)17-8-9-20-14-6-4-12(16)5-7-14/h4-7,10H,3,8-9,16H2,1-2H3,(H,17,18,19). The molecule has 106 valence electrons. The monoisotopic (exact) mass is 272 g/mol. The molecule has 0 unspecified atom stereocenters. The summed E-state index contributed by atoms with van der Waals surface area (Å²) in [6, 6.07) is 9.34. The Morgan fingerprint density at radius 3 is 2.65 bits per heavy atom. The summed E-state index contributed by atoms with van der Waals surface area (Å²) in [6.07, 6.45) is 0.903. The molecule has 0 atom stereocenters. The lowest BCUT2D eigenvalue weighted by Crippen LogP contribution is -2.13. The quantitative estimate of drug-likeness (QED) is 0.624. The molecule has 0 radical (unpaired) electrons. The van der Waals surface area contributed by atoms with Crippen molar-refractivity contribution >= 4 is 11.5 Å². The van der Waals surface area contributed by atoms with Crippen LogP contribution >= 0.6 is 0 Å². The first-order valence-corrected chi connectivity index (χ1v) is 6.74. The van der Waals surface area contributed by atoms with Gasteiger partial charge in [0, 0.05) is 17.4 Å². The number of nitrogens with zero attached hydrogens (tertiary/aromatic N) is 2. The van der Waals surface area contributed by atoms with Crippen molar-refractivity contribution < 1.29 is 4.74 Å². The smallest absolute Gasteiger partial charge is 0.130 e. The molecule has 5 heteroatoms. The zero-order valence-electron chi connectivity index (χ0n) is 11.9. The summed E-state index contributed by atoms with van der Waals surface area (Å²) in [5.74, 6) is 2.44. The zero-order chi connectivity index (χ0) is 14.4. The first-order chi connectivity index (χ1) is 9.67. The Kier molecular flexibility index (Phi) is 4.76. The van der Waals surface area contributed by atoms with Gasteiger partial charge in [0.25, 0.3) is 0 Å². The molecular formula is C15H20N4O. The lowest BCUT2D eigenvalue weighted by molar-refractivity contribution is 0.333. The highest BCUT2D eigenvalue weighted by molar-refractivity contribution is 5.41. The van der Waals surface area contributed by atoms with E-state index in [4.69, 9.17) is 10.5 Å². The van der Waals surface area contributed by atoms with Gasteiger partial charge in [-0.15, -0.1) is 0 Å². The lowest BCUT2D eigenvalue weighted by atomic mass is 10.3. The number of rotatable bonds is 6. The Labute approximate surface area is 119 Å². The molecule has 2 rings (SSSR count). The van der Waals surface area contributed by atoms with Crippen molar-refractivity contribution in [3.63, 3.8) is 0 Å². The van der Waals surface area contributed by atoms with Crippen molar-refractivity contribution in [1.82, 2.24) is 9.97 Å². The number of anilines is 2. The molecule has 2 aromatic rings. The molecule has 0 bridgehead atoms. The van der Waals surface area contributed by atoms with Gasteiger partial charge in [-0.05, 0) is 37.6 Å². The first-order valence-electron chi connectivity index (χ1n) is 6.74. The van der Waals surface area contributed by atoms with Crippen molar-refractivity contribution in [1.29, 1.82) is 0 Å². The third-order valence-corrected chi connectivity index (χ3v) is 2.81. The molecule has 5 nitrogen and oxygen atoms in total. The second kappa shape index (κ2) is 6.75. The van der Waals surface area contributed by atoms with E-state index in [2.05, 4.69) is 22.2 Å². The molecule has 0 aliphatic rings. The Balaban J connectivity index is 1.81. The summed E-state index contributed by atoms with van der Waals surface area (Å²) >= 11 is 0. The highest BCUT2D eigenvalue weighted by Crippen LogP contribution is 2.13. The lowest BCUT2D eigenvalue weighted by Gasteiger charge is -2.09. The number of hydrogen-bond acceptors (Lipinski definition) is 5. The number of nitrogen functional groups attached to an aromatic ring is 1. The summed E-state index contributed by atoms with van der Waals surface area (Å²) in [5.41, 5.74) is 7.39. The van der Waals surface area contributed by atoms with E-state index in [1.165, 1.54) is 0 Å². The molecule has 1 aromatic carbocycles. The number of nitrogens with two attached hydrogens (primary N) is 1. The number of nitrogens with one attached hydrogen (secondary N) is 1. The molecule has 0 spiro atoms. The summed E-state index contributed by atoms with van der Waals surface area (Å²) in [7, 11) is 0. The summed E-state index contributed by atoms with van der Waals surface area (Å²) in [4.78, 5) is 8.69. The summed E-state index contributed by atoms with van der Waals surface area (Å²) in [6.45, 7) is 5.23. The van der Waals surface area contributed by atoms with E-state index in [9.17, 15) is 0 Å². The number of aromatic nitrogens is 2. The van der Waals surface area contributed by atoms with Crippen LogP contribution in [0.2, 0.25) is 0 Å². The Hall–Kier alpha value is -2.30. The van der Waals surface area contributed by atoms with Crippen LogP contribution in [0.1, 0.15) is 18.4 Å². The predicted octanol–water partition coefficient (Wildman–Crippen LogP) is 2.42. The largest absolute Gasteiger partial charge is 0.492 e. The van der Waals surface area contributed by atoms with Crippen LogP contribution in [0.15, 0.2) is 30.3 Å². The minimum absolute atomic E-state index is 0.564. The third kappa shape index (κ3) is 4.12. The van der Waals surface area contributed by atoms with E-state index in [0.717, 1.165) is 35.2 Å². The summed E-state index contributed by atoms with van der Waals surface area (Å²) < 4.78 is 5.61. The SMILES string of the molecule is CCc1cc(NCCOc2ccc(N)cc2)nc(C)n1. The van der Waals surface area contributed by atoms with Crippen LogP contribution in [0.25, 0.3) is 0 Å². The van der Waals surface area contributed by atoms with E-state index < -0.39 is 0 Å². The highest BCUT2D eigenvalue weighted by atomic mass is 16.5. The van der Waals surface area contributed by atoms with Crippen molar-refractivity contribution in [3.05, 3.63) is 41.9 Å². The fraction of sp³-hybridized carbons (Fsp3) is 0.333. The molecular weight excluding hydrogens is 252 g/mol. The highest BCUT2D eigenvalue weighted by Gasteiger charge is 2.00. The van der Waals surface area contributed by atoms with Gasteiger partial charge in [-0.25, -0.2) is 9.97 Å². The van der Waals surface area contributed by atoms with Gasteiger partial charge >= 0.3 is 0 Å². The average molecular weight is 272 g/mol. The predicted molar refractivity (Wildman–Crippen MR) is 81.0 cm³/mol. The van der Waals surface area contributed by atoms with Gasteiger partial charge in [0.2, 0.25) is 0 Å². The van der Waals surface area contributed by atoms with E-state index in [-0.39, 0.29) is 0 Å². The second-order valence-corrected chi connectivity index (χ2v) is 4.49. The van der Waals surface area contributed by atoms with Crippen molar-refractivity contribution in [2.45, 2.75) is 20.3 Å². The fourth-order valence-corrected chi connectivity index (χ4v) is 1.81. The van der Waals surface area contributed by atoms with Crippen LogP contribution in [0.4, 0.5) is 11.5 Å². The molecule has 0 aliphatic carbocycles. The topological polar surface area (TPSA) is 73.1 Å². The number of benzene rings is 1. The Morgan fingerprint density at radius 1 is 1.20 bits per heavy atom. The Morgan fingerprint density at radius 2 is 1.95 bits per heavy atom. The maximum atomic E-state index is 5.62. The molecule has 1 heterocycles. The van der Waals surface area contributed by atoms with Crippen LogP contribution in [-0.4, -0.2) is 23.1 Å². The van der Waals surface area contributed by atoms with Gasteiger partial charge in [0.15, 0.2) is 0 Å². The number of aryl methyl sites for hydroxylation is 2. The van der Waals surface area contributed by atoms with Crippen LogP contribution < -0.4 is 15.8 Å². The number of hydrogen-bond donors (Lipinski definition) is 2. The van der Waals surface area contributed by atoms with E-state index >= 15 is 0 Å². The van der Waals surface area contributed by atoms with Gasteiger partial charge < -0.3 is 15.8 Å². The third-order valence-electron chi connectivity index (χ3n) is 2.81. The first kappa shape index (κ1) is 14.1.